The Morgan fingerprint density at radius 2 is 1.62 bits per heavy atom. The largest absolute Gasteiger partial charge is 0.252 e. The third kappa shape index (κ3) is 3.18. The molecule has 1 heterocycles. The molecule has 4 aromatic rings. The minimum atomic E-state index is 0.405. The van der Waals surface area contributed by atoms with Gasteiger partial charge in [-0.1, -0.05) is 69.2 Å². The highest BCUT2D eigenvalue weighted by Crippen LogP contribution is 2.44. The first-order valence-electron chi connectivity index (χ1n) is 12.3. The van der Waals surface area contributed by atoms with Crippen molar-refractivity contribution < 1.29 is 0 Å². The van der Waals surface area contributed by atoms with Gasteiger partial charge in [-0.15, -0.1) is 0 Å². The Labute approximate surface area is 191 Å². The number of hydrogen-bond donors (Lipinski definition) is 0. The zero-order chi connectivity index (χ0) is 21.8. The van der Waals surface area contributed by atoms with E-state index in [1.165, 1.54) is 86.8 Å². The first-order valence-corrected chi connectivity index (χ1v) is 12.3. The molecule has 0 aliphatic heterocycles. The van der Waals surface area contributed by atoms with Crippen LogP contribution >= 0.6 is 0 Å². The lowest BCUT2D eigenvalue weighted by atomic mass is 9.90. The van der Waals surface area contributed by atoms with Gasteiger partial charge in [0.1, 0.15) is 0 Å². The second-order valence-electron chi connectivity index (χ2n) is 10.2. The number of rotatable bonds is 3. The fourth-order valence-electron chi connectivity index (χ4n) is 5.89. The van der Waals surface area contributed by atoms with Crippen LogP contribution in [0.25, 0.3) is 33.2 Å². The van der Waals surface area contributed by atoms with Crippen LogP contribution in [0.15, 0.2) is 60.7 Å². The number of benzene rings is 3. The highest BCUT2D eigenvalue weighted by atomic mass is 14.7. The molecule has 0 spiro atoms. The maximum atomic E-state index is 5.32. The highest BCUT2D eigenvalue weighted by molar-refractivity contribution is 5.98. The quantitative estimate of drug-likeness (QED) is 0.286. The summed E-state index contributed by atoms with van der Waals surface area (Å²) in [7, 11) is 0. The predicted molar refractivity (Wildman–Crippen MR) is 135 cm³/mol. The van der Waals surface area contributed by atoms with Crippen LogP contribution in [0.4, 0.5) is 0 Å². The molecule has 6 rings (SSSR count). The number of nitrogens with zero attached hydrogens (tertiary/aromatic N) is 1. The van der Waals surface area contributed by atoms with Crippen LogP contribution < -0.4 is 0 Å². The molecule has 1 aromatic heterocycles. The monoisotopic (exact) mass is 417 g/mol. The number of pyridine rings is 1. The molecule has 1 fully saturated rings. The second-order valence-corrected chi connectivity index (χ2v) is 10.2. The maximum absolute atomic E-state index is 5.32. The van der Waals surface area contributed by atoms with E-state index >= 15 is 0 Å². The minimum Gasteiger partial charge on any atom is -0.252 e. The molecule has 3 aromatic carbocycles. The van der Waals surface area contributed by atoms with Crippen LogP contribution in [0.3, 0.4) is 0 Å². The summed E-state index contributed by atoms with van der Waals surface area (Å²) in [6.45, 7) is 6.73. The first kappa shape index (κ1) is 19.7. The van der Waals surface area contributed by atoms with Crippen molar-refractivity contribution >= 4 is 10.8 Å². The number of fused-ring (bicyclic) bond motifs is 4. The number of hydrogen-bond acceptors (Lipinski definition) is 1. The number of aryl methyl sites for hydroxylation is 1. The fourth-order valence-corrected chi connectivity index (χ4v) is 5.89. The van der Waals surface area contributed by atoms with E-state index in [1.807, 2.05) is 0 Å². The molecule has 1 heteroatoms. The minimum absolute atomic E-state index is 0.405. The summed E-state index contributed by atoms with van der Waals surface area (Å²) in [5.74, 6) is 1.12. The van der Waals surface area contributed by atoms with Gasteiger partial charge in [0.15, 0.2) is 0 Å². The summed E-state index contributed by atoms with van der Waals surface area (Å²) in [5.41, 5.74) is 12.2. The molecule has 0 bridgehead atoms. The SMILES string of the molecule is Cc1cc2c(c(-c3nc(C(C)C)cc4ccc(C5CCCC5)cc34)c1)Cc1ccccc1-2. The van der Waals surface area contributed by atoms with Crippen LogP contribution in [0.5, 0.6) is 0 Å². The highest BCUT2D eigenvalue weighted by Gasteiger charge is 2.25. The van der Waals surface area contributed by atoms with Crippen LogP contribution in [0, 0.1) is 6.92 Å². The lowest BCUT2D eigenvalue weighted by molar-refractivity contribution is 0.724. The van der Waals surface area contributed by atoms with Gasteiger partial charge in [0.05, 0.1) is 5.69 Å². The topological polar surface area (TPSA) is 12.9 Å². The van der Waals surface area contributed by atoms with Crippen LogP contribution in [0.2, 0.25) is 0 Å². The molecule has 0 saturated heterocycles. The second kappa shape index (κ2) is 7.59. The molecule has 160 valence electrons. The van der Waals surface area contributed by atoms with Crippen molar-refractivity contribution in [3.8, 4) is 22.4 Å². The van der Waals surface area contributed by atoms with E-state index in [-0.39, 0.29) is 0 Å². The molecule has 1 nitrogen and oxygen atoms in total. The van der Waals surface area contributed by atoms with E-state index in [0.29, 0.717) is 11.8 Å². The van der Waals surface area contributed by atoms with Crippen molar-refractivity contribution in [1.29, 1.82) is 0 Å². The van der Waals surface area contributed by atoms with Gasteiger partial charge in [0.2, 0.25) is 0 Å². The fraction of sp³-hybridized carbons (Fsp3) is 0.323. The standard InChI is InChI=1S/C31H31N/c1-19(2)30-18-24-13-12-22(21-8-4-5-9-21)16-26(24)31(32-30)29-15-20(3)14-27-25-11-7-6-10-23(25)17-28(27)29/h6-7,10-16,18-19,21H,4-5,8-9,17H2,1-3H3. The molecular weight excluding hydrogens is 386 g/mol. The lowest BCUT2D eigenvalue weighted by Crippen LogP contribution is -2.00. The Morgan fingerprint density at radius 3 is 2.44 bits per heavy atom. The van der Waals surface area contributed by atoms with Gasteiger partial charge < -0.3 is 0 Å². The van der Waals surface area contributed by atoms with Crippen LogP contribution in [0.1, 0.15) is 79.3 Å². The van der Waals surface area contributed by atoms with Gasteiger partial charge in [0, 0.05) is 16.6 Å². The Kier molecular flexibility index (Phi) is 4.68. The summed E-state index contributed by atoms with van der Waals surface area (Å²) in [6.07, 6.45) is 6.38. The Balaban J connectivity index is 1.62. The maximum Gasteiger partial charge on any atom is 0.0787 e. The molecule has 0 N–H and O–H groups in total. The summed E-state index contributed by atoms with van der Waals surface area (Å²) < 4.78 is 0. The smallest absolute Gasteiger partial charge is 0.0787 e. The van der Waals surface area contributed by atoms with E-state index in [2.05, 4.69) is 81.4 Å². The van der Waals surface area contributed by atoms with Gasteiger partial charge in [0.25, 0.3) is 0 Å². The Bertz CT molecular complexity index is 1340. The van der Waals surface area contributed by atoms with Gasteiger partial charge in [-0.05, 0) is 95.0 Å². The van der Waals surface area contributed by atoms with Gasteiger partial charge in [-0.2, -0.15) is 0 Å². The molecule has 0 unspecified atom stereocenters. The predicted octanol–water partition coefficient (Wildman–Crippen LogP) is 8.56. The van der Waals surface area contributed by atoms with Crippen molar-refractivity contribution in [2.45, 2.75) is 64.7 Å². The zero-order valence-corrected chi connectivity index (χ0v) is 19.4. The molecule has 32 heavy (non-hydrogen) atoms. The third-order valence-electron chi connectivity index (χ3n) is 7.62. The summed E-state index contributed by atoms with van der Waals surface area (Å²) >= 11 is 0. The summed E-state index contributed by atoms with van der Waals surface area (Å²) in [4.78, 5) is 5.32. The third-order valence-corrected chi connectivity index (χ3v) is 7.62. The Morgan fingerprint density at radius 1 is 0.844 bits per heavy atom. The Hall–Kier alpha value is -2.93. The molecule has 2 aliphatic carbocycles. The first-order chi connectivity index (χ1) is 15.6. The van der Waals surface area contributed by atoms with Gasteiger partial charge >= 0.3 is 0 Å². The normalized spacial score (nSPS) is 15.5. The van der Waals surface area contributed by atoms with E-state index in [0.717, 1.165) is 6.42 Å². The van der Waals surface area contributed by atoms with Crippen molar-refractivity contribution in [2.24, 2.45) is 0 Å². The summed E-state index contributed by atoms with van der Waals surface area (Å²) in [5, 5.41) is 2.65. The lowest BCUT2D eigenvalue weighted by Gasteiger charge is -2.17. The van der Waals surface area contributed by atoms with Crippen molar-refractivity contribution in [3.63, 3.8) is 0 Å². The average Bonchev–Trinajstić information content (AvgIpc) is 3.46. The molecule has 1 saturated carbocycles. The van der Waals surface area contributed by atoms with Crippen molar-refractivity contribution in [2.75, 3.05) is 0 Å². The van der Waals surface area contributed by atoms with E-state index in [4.69, 9.17) is 4.98 Å². The average molecular weight is 418 g/mol. The molecular formula is C31H31N. The molecule has 0 amide bonds. The van der Waals surface area contributed by atoms with Gasteiger partial charge in [-0.3, -0.25) is 4.98 Å². The van der Waals surface area contributed by atoms with E-state index in [1.54, 1.807) is 0 Å². The zero-order valence-electron chi connectivity index (χ0n) is 19.4. The van der Waals surface area contributed by atoms with E-state index < -0.39 is 0 Å². The van der Waals surface area contributed by atoms with Crippen molar-refractivity contribution in [1.82, 2.24) is 4.98 Å². The van der Waals surface area contributed by atoms with Crippen LogP contribution in [-0.4, -0.2) is 4.98 Å². The molecule has 0 radical (unpaired) electrons. The number of aromatic nitrogens is 1. The van der Waals surface area contributed by atoms with Crippen LogP contribution in [-0.2, 0) is 6.42 Å². The van der Waals surface area contributed by atoms with Gasteiger partial charge in [-0.25, -0.2) is 0 Å². The molecule has 0 atom stereocenters. The summed E-state index contributed by atoms with van der Waals surface area (Å²) in [6, 6.07) is 23.1. The molecule has 2 aliphatic rings. The van der Waals surface area contributed by atoms with E-state index in [9.17, 15) is 0 Å². The van der Waals surface area contributed by atoms with Crippen molar-refractivity contribution in [3.05, 3.63) is 88.6 Å².